The summed E-state index contributed by atoms with van der Waals surface area (Å²) in [6.45, 7) is 0. The van der Waals surface area contributed by atoms with E-state index >= 15 is 0 Å². The fourth-order valence-corrected chi connectivity index (χ4v) is 1.90. The number of fused-ring (bicyclic) bond motifs is 1. The Morgan fingerprint density at radius 2 is 2.29 bits per heavy atom. The quantitative estimate of drug-likeness (QED) is 0.654. The molecule has 4 heteroatoms. The van der Waals surface area contributed by atoms with Crippen LogP contribution < -0.4 is 4.87 Å². The molecule has 0 aliphatic carbocycles. The molecule has 0 atom stereocenters. The summed E-state index contributed by atoms with van der Waals surface area (Å²) in [5.41, 5.74) is 1.55. The summed E-state index contributed by atoms with van der Waals surface area (Å²) in [5, 5.41) is 8.27. The van der Waals surface area contributed by atoms with Crippen molar-refractivity contribution in [2.45, 2.75) is 0 Å². The minimum atomic E-state index is -0.0783. The normalized spacial score (nSPS) is 9.07. The highest BCUT2D eigenvalue weighted by Gasteiger charge is 1.98. The van der Waals surface area contributed by atoms with Gasteiger partial charge < -0.3 is 4.98 Å². The third-order valence-corrected chi connectivity index (χ3v) is 2.53. The van der Waals surface area contributed by atoms with E-state index in [9.17, 15) is 4.79 Å². The number of hydrogen-bond donors (Lipinski definition) is 1. The number of nitriles is 1. The molecule has 0 saturated heterocycles. The van der Waals surface area contributed by atoms with Crippen LogP contribution in [0.25, 0.3) is 10.2 Å². The van der Waals surface area contributed by atoms with Gasteiger partial charge in [0.2, 0.25) is 0 Å². The Kier molecular flexibility index (Phi) is 2.06. The molecule has 14 heavy (non-hydrogen) atoms. The second-order valence-electron chi connectivity index (χ2n) is 2.59. The minimum absolute atomic E-state index is 0.0783. The predicted molar refractivity (Wildman–Crippen MR) is 54.9 cm³/mol. The molecule has 0 saturated carbocycles. The molecule has 1 aromatic heterocycles. The van der Waals surface area contributed by atoms with Gasteiger partial charge in [-0.25, -0.2) is 0 Å². The number of aromatic nitrogens is 1. The molecule has 0 aliphatic heterocycles. The van der Waals surface area contributed by atoms with Crippen LogP contribution in [0.1, 0.15) is 5.56 Å². The largest absolute Gasteiger partial charge is 0.312 e. The number of aromatic amines is 1. The van der Waals surface area contributed by atoms with Crippen LogP contribution in [0.5, 0.6) is 0 Å². The zero-order valence-corrected chi connectivity index (χ0v) is 7.81. The van der Waals surface area contributed by atoms with Crippen molar-refractivity contribution in [3.05, 3.63) is 33.4 Å². The smallest absolute Gasteiger partial charge is 0.305 e. The molecule has 66 valence electrons. The van der Waals surface area contributed by atoms with E-state index in [4.69, 9.17) is 5.26 Å². The van der Waals surface area contributed by atoms with Crippen molar-refractivity contribution in [3.8, 4) is 17.9 Å². The maximum absolute atomic E-state index is 11.0. The number of rotatable bonds is 0. The third-order valence-electron chi connectivity index (χ3n) is 1.68. The lowest BCUT2D eigenvalue weighted by Gasteiger charge is -1.88. The van der Waals surface area contributed by atoms with Crippen LogP contribution in [-0.4, -0.2) is 4.98 Å². The number of nitrogens with one attached hydrogen (secondary N) is 1. The van der Waals surface area contributed by atoms with Gasteiger partial charge in [0.25, 0.3) is 0 Å². The van der Waals surface area contributed by atoms with Gasteiger partial charge in [0.05, 0.1) is 10.2 Å². The van der Waals surface area contributed by atoms with Crippen LogP contribution in [0, 0.1) is 23.2 Å². The number of nitrogens with zero attached hydrogens (tertiary/aromatic N) is 1. The van der Waals surface area contributed by atoms with Crippen molar-refractivity contribution in [2.24, 2.45) is 0 Å². The zero-order valence-electron chi connectivity index (χ0n) is 7.00. The highest BCUT2D eigenvalue weighted by Crippen LogP contribution is 2.15. The second kappa shape index (κ2) is 3.37. The molecule has 2 rings (SSSR count). The van der Waals surface area contributed by atoms with Gasteiger partial charge in [-0.1, -0.05) is 17.3 Å². The van der Waals surface area contributed by atoms with Crippen LogP contribution in [0.4, 0.5) is 0 Å². The van der Waals surface area contributed by atoms with Gasteiger partial charge in [-0.3, -0.25) is 4.79 Å². The molecule has 1 aromatic carbocycles. The number of hydrogen-bond acceptors (Lipinski definition) is 3. The maximum Gasteiger partial charge on any atom is 0.305 e. The molecule has 1 heterocycles. The minimum Gasteiger partial charge on any atom is -0.312 e. The Hall–Kier alpha value is -2.04. The molecule has 0 unspecified atom stereocenters. The fraction of sp³-hybridized carbons (Fsp3) is 0. The molecule has 1 N–H and O–H groups in total. The third kappa shape index (κ3) is 1.52. The van der Waals surface area contributed by atoms with Crippen molar-refractivity contribution >= 4 is 21.6 Å². The van der Waals surface area contributed by atoms with E-state index in [1.807, 2.05) is 0 Å². The molecule has 0 spiro atoms. The predicted octanol–water partition coefficient (Wildman–Crippen LogP) is 1.46. The average Bonchev–Trinajstić information content (AvgIpc) is 2.54. The van der Waals surface area contributed by atoms with Crippen LogP contribution in [0.3, 0.4) is 0 Å². The first-order valence-corrected chi connectivity index (χ1v) is 4.64. The summed E-state index contributed by atoms with van der Waals surface area (Å²) in [6.07, 6.45) is 0. The molecule has 2 aromatic rings. The van der Waals surface area contributed by atoms with Gasteiger partial charge in [-0.2, -0.15) is 5.26 Å². The Labute approximate surface area is 83.6 Å². The van der Waals surface area contributed by atoms with E-state index in [2.05, 4.69) is 16.8 Å². The Balaban J connectivity index is 2.62. The molecular weight excluding hydrogens is 196 g/mol. The van der Waals surface area contributed by atoms with E-state index < -0.39 is 0 Å². The maximum atomic E-state index is 11.0. The van der Waals surface area contributed by atoms with Gasteiger partial charge >= 0.3 is 4.87 Å². The van der Waals surface area contributed by atoms with E-state index in [-0.39, 0.29) is 4.87 Å². The summed E-state index contributed by atoms with van der Waals surface area (Å²) >= 11 is 1.14. The SMILES string of the molecule is N#CC#Cc1ccc2[nH]c(=O)sc2c1. The van der Waals surface area contributed by atoms with Gasteiger partial charge in [0, 0.05) is 11.5 Å². The van der Waals surface area contributed by atoms with Crippen molar-refractivity contribution in [1.82, 2.24) is 4.98 Å². The van der Waals surface area contributed by atoms with Crippen LogP contribution in [-0.2, 0) is 0 Å². The molecule has 3 nitrogen and oxygen atoms in total. The summed E-state index contributed by atoms with van der Waals surface area (Å²) in [4.78, 5) is 13.6. The topological polar surface area (TPSA) is 56.6 Å². The molecule has 0 aliphatic rings. The van der Waals surface area contributed by atoms with Crippen molar-refractivity contribution < 1.29 is 0 Å². The van der Waals surface area contributed by atoms with Gasteiger partial charge in [-0.15, -0.1) is 0 Å². The zero-order chi connectivity index (χ0) is 9.97. The second-order valence-corrected chi connectivity index (χ2v) is 3.60. The van der Waals surface area contributed by atoms with Gasteiger partial charge in [0.1, 0.15) is 0 Å². The molecule has 0 radical (unpaired) electrons. The summed E-state index contributed by atoms with van der Waals surface area (Å²) < 4.78 is 0.861. The van der Waals surface area contributed by atoms with Crippen LogP contribution in [0.2, 0.25) is 0 Å². The molecule has 0 fully saturated rings. The summed E-state index contributed by atoms with van der Waals surface area (Å²) in [5.74, 6) is 4.98. The van der Waals surface area contributed by atoms with E-state index in [0.717, 1.165) is 27.1 Å². The lowest BCUT2D eigenvalue weighted by molar-refractivity contribution is 1.41. The first kappa shape index (κ1) is 8.55. The Morgan fingerprint density at radius 3 is 3.07 bits per heavy atom. The van der Waals surface area contributed by atoms with E-state index in [1.165, 1.54) is 0 Å². The highest BCUT2D eigenvalue weighted by atomic mass is 32.1. The van der Waals surface area contributed by atoms with Gasteiger partial charge in [0.15, 0.2) is 6.07 Å². The summed E-state index contributed by atoms with van der Waals surface area (Å²) in [6, 6.07) is 7.10. The van der Waals surface area contributed by atoms with E-state index in [0.29, 0.717) is 0 Å². The van der Waals surface area contributed by atoms with Gasteiger partial charge in [-0.05, 0) is 18.2 Å². The lowest BCUT2D eigenvalue weighted by Crippen LogP contribution is -1.89. The van der Waals surface area contributed by atoms with Crippen molar-refractivity contribution in [1.29, 1.82) is 5.26 Å². The first-order chi connectivity index (χ1) is 6.79. The van der Waals surface area contributed by atoms with Crippen LogP contribution >= 0.6 is 11.3 Å². The van der Waals surface area contributed by atoms with E-state index in [1.54, 1.807) is 24.3 Å². The Bertz CT molecular complexity index is 634. The lowest BCUT2D eigenvalue weighted by atomic mass is 10.2. The highest BCUT2D eigenvalue weighted by molar-refractivity contribution is 7.16. The van der Waals surface area contributed by atoms with Crippen LogP contribution in [0.15, 0.2) is 23.0 Å². The standard InChI is InChI=1S/C10H4N2OS/c11-5-1-2-7-3-4-8-9(6-7)14-10(13)12-8/h3-4,6H,(H,12,13). The summed E-state index contributed by atoms with van der Waals surface area (Å²) in [7, 11) is 0. The number of H-pyrrole nitrogens is 1. The molecule has 0 amide bonds. The molecule has 0 bridgehead atoms. The molecular formula is C10H4N2OS. The first-order valence-electron chi connectivity index (χ1n) is 3.82. The Morgan fingerprint density at radius 1 is 1.43 bits per heavy atom. The number of benzene rings is 1. The van der Waals surface area contributed by atoms with Crippen molar-refractivity contribution in [2.75, 3.05) is 0 Å². The average molecular weight is 200 g/mol. The fourth-order valence-electron chi connectivity index (χ4n) is 1.12. The monoisotopic (exact) mass is 200 g/mol. The number of thiazole rings is 1. The van der Waals surface area contributed by atoms with Crippen molar-refractivity contribution in [3.63, 3.8) is 0 Å².